The molecule has 1 atom stereocenters. The molecular formula is C18H29N. The largest absolute Gasteiger partial charge is 0.314 e. The summed E-state index contributed by atoms with van der Waals surface area (Å²) in [7, 11) is 0. The maximum Gasteiger partial charge on any atom is 0.00671 e. The highest BCUT2D eigenvalue weighted by Crippen LogP contribution is 2.23. The minimum atomic E-state index is 0.260. The molecule has 1 heteroatoms. The summed E-state index contributed by atoms with van der Waals surface area (Å²) in [4.78, 5) is 0. The van der Waals surface area contributed by atoms with E-state index in [0.29, 0.717) is 0 Å². The molecule has 1 aliphatic rings. The summed E-state index contributed by atoms with van der Waals surface area (Å²) in [5.41, 5.74) is 3.16. The van der Waals surface area contributed by atoms with Crippen molar-refractivity contribution in [3.8, 4) is 0 Å². The van der Waals surface area contributed by atoms with Gasteiger partial charge in [0.25, 0.3) is 0 Å². The van der Waals surface area contributed by atoms with Gasteiger partial charge in [0.15, 0.2) is 0 Å². The lowest BCUT2D eigenvalue weighted by Crippen LogP contribution is -2.38. The Bertz CT molecular complexity index is 381. The third kappa shape index (κ3) is 4.35. The van der Waals surface area contributed by atoms with E-state index in [9.17, 15) is 0 Å². The first-order valence-electron chi connectivity index (χ1n) is 7.78. The van der Waals surface area contributed by atoms with Crippen LogP contribution in [0.1, 0.15) is 58.1 Å². The van der Waals surface area contributed by atoms with E-state index >= 15 is 0 Å². The van der Waals surface area contributed by atoms with Crippen LogP contribution in [0.25, 0.3) is 0 Å². The molecule has 0 saturated heterocycles. The fourth-order valence-electron chi connectivity index (χ4n) is 2.60. The average Bonchev–Trinajstić information content (AvgIpc) is 2.26. The monoisotopic (exact) mass is 259 g/mol. The van der Waals surface area contributed by atoms with E-state index in [1.165, 1.54) is 36.8 Å². The molecule has 1 fully saturated rings. The highest BCUT2D eigenvalue weighted by Gasteiger charge is 2.17. The topological polar surface area (TPSA) is 12.0 Å². The molecule has 19 heavy (non-hydrogen) atoms. The first-order chi connectivity index (χ1) is 8.95. The van der Waals surface area contributed by atoms with E-state index in [-0.39, 0.29) is 5.41 Å². The van der Waals surface area contributed by atoms with Crippen LogP contribution >= 0.6 is 0 Å². The molecule has 1 aliphatic carbocycles. The third-order valence-corrected chi connectivity index (χ3v) is 4.26. The summed E-state index contributed by atoms with van der Waals surface area (Å²) in [5.74, 6) is 0.723. The Kier molecular flexibility index (Phi) is 4.67. The summed E-state index contributed by atoms with van der Waals surface area (Å²) < 4.78 is 0. The Hall–Kier alpha value is -0.820. The van der Waals surface area contributed by atoms with Crippen molar-refractivity contribution < 1.29 is 0 Å². The summed E-state index contributed by atoms with van der Waals surface area (Å²) in [5, 5.41) is 3.67. The van der Waals surface area contributed by atoms with Gasteiger partial charge in [-0.25, -0.2) is 0 Å². The molecule has 0 aromatic heterocycles. The second-order valence-electron chi connectivity index (χ2n) is 7.29. The van der Waals surface area contributed by atoms with Crippen LogP contribution in [0.3, 0.4) is 0 Å². The second kappa shape index (κ2) is 6.09. The van der Waals surface area contributed by atoms with Gasteiger partial charge in [-0.05, 0) is 48.3 Å². The maximum absolute atomic E-state index is 3.67. The van der Waals surface area contributed by atoms with Crippen LogP contribution in [-0.2, 0) is 11.8 Å². The van der Waals surface area contributed by atoms with Crippen molar-refractivity contribution in [3.63, 3.8) is 0 Å². The van der Waals surface area contributed by atoms with Gasteiger partial charge >= 0.3 is 0 Å². The molecule has 1 N–H and O–H groups in total. The van der Waals surface area contributed by atoms with E-state index in [1.54, 1.807) is 0 Å². The average molecular weight is 259 g/mol. The number of nitrogens with one attached hydrogen (secondary N) is 1. The smallest absolute Gasteiger partial charge is 0.00671 e. The highest BCUT2D eigenvalue weighted by molar-refractivity contribution is 5.27. The van der Waals surface area contributed by atoms with Crippen molar-refractivity contribution in [3.05, 3.63) is 35.4 Å². The van der Waals surface area contributed by atoms with Crippen molar-refractivity contribution in [1.82, 2.24) is 5.32 Å². The van der Waals surface area contributed by atoms with Crippen molar-refractivity contribution in [1.29, 1.82) is 0 Å². The van der Waals surface area contributed by atoms with Gasteiger partial charge in [-0.1, -0.05) is 58.4 Å². The van der Waals surface area contributed by atoms with E-state index in [4.69, 9.17) is 0 Å². The number of hydrogen-bond acceptors (Lipinski definition) is 1. The fraction of sp³-hybridized carbons (Fsp3) is 0.667. The Morgan fingerprint density at radius 3 is 2.26 bits per heavy atom. The van der Waals surface area contributed by atoms with E-state index in [2.05, 4.69) is 57.3 Å². The van der Waals surface area contributed by atoms with Gasteiger partial charge < -0.3 is 5.32 Å². The third-order valence-electron chi connectivity index (χ3n) is 4.26. The van der Waals surface area contributed by atoms with Crippen LogP contribution in [-0.4, -0.2) is 12.6 Å². The van der Waals surface area contributed by atoms with Gasteiger partial charge in [0.1, 0.15) is 0 Å². The van der Waals surface area contributed by atoms with Crippen LogP contribution in [0.2, 0.25) is 0 Å². The first-order valence-corrected chi connectivity index (χ1v) is 7.78. The molecule has 0 radical (unpaired) electrons. The fourth-order valence-corrected chi connectivity index (χ4v) is 2.60. The summed E-state index contributed by atoms with van der Waals surface area (Å²) >= 11 is 0. The van der Waals surface area contributed by atoms with E-state index in [0.717, 1.165) is 18.5 Å². The first kappa shape index (κ1) is 14.6. The number of benzene rings is 1. The van der Waals surface area contributed by atoms with Crippen LogP contribution in [0.15, 0.2) is 24.3 Å². The molecular weight excluding hydrogens is 230 g/mol. The van der Waals surface area contributed by atoms with Crippen LogP contribution < -0.4 is 5.32 Å². The molecule has 0 spiro atoms. The molecule has 0 bridgehead atoms. The lowest BCUT2D eigenvalue weighted by Gasteiger charge is -2.28. The predicted molar refractivity (Wildman–Crippen MR) is 83.7 cm³/mol. The Labute approximate surface area is 118 Å². The summed E-state index contributed by atoms with van der Waals surface area (Å²) in [6.07, 6.45) is 5.37. The van der Waals surface area contributed by atoms with Crippen LogP contribution in [0.5, 0.6) is 0 Å². The molecule has 0 amide bonds. The van der Waals surface area contributed by atoms with Crippen molar-refractivity contribution in [2.24, 2.45) is 5.92 Å². The second-order valence-corrected chi connectivity index (χ2v) is 7.29. The van der Waals surface area contributed by atoms with Gasteiger partial charge in [0, 0.05) is 6.04 Å². The zero-order chi connectivity index (χ0) is 13.9. The summed E-state index contributed by atoms with van der Waals surface area (Å²) in [6, 6.07) is 10.0. The molecule has 106 valence electrons. The van der Waals surface area contributed by atoms with Crippen molar-refractivity contribution >= 4 is 0 Å². The van der Waals surface area contributed by atoms with Crippen molar-refractivity contribution in [2.75, 3.05) is 6.54 Å². The lowest BCUT2D eigenvalue weighted by atomic mass is 9.86. The minimum absolute atomic E-state index is 0.260. The van der Waals surface area contributed by atoms with Crippen LogP contribution in [0, 0.1) is 5.92 Å². The van der Waals surface area contributed by atoms with E-state index in [1.807, 2.05) is 0 Å². The maximum atomic E-state index is 3.67. The van der Waals surface area contributed by atoms with Gasteiger partial charge in [0.05, 0.1) is 0 Å². The minimum Gasteiger partial charge on any atom is -0.314 e. The zero-order valence-electron chi connectivity index (χ0n) is 13.0. The zero-order valence-corrected chi connectivity index (χ0v) is 13.0. The molecule has 1 aromatic rings. The Morgan fingerprint density at radius 1 is 1.16 bits per heavy atom. The Balaban J connectivity index is 1.81. The SMILES string of the molecule is CC(CNC1CCC1)Cc1ccc(C(C)(C)C)cc1. The molecule has 1 unspecified atom stereocenters. The summed E-state index contributed by atoms with van der Waals surface area (Å²) in [6.45, 7) is 10.3. The lowest BCUT2D eigenvalue weighted by molar-refractivity contribution is 0.320. The number of rotatable bonds is 5. The van der Waals surface area contributed by atoms with Crippen LogP contribution in [0.4, 0.5) is 0 Å². The van der Waals surface area contributed by atoms with Gasteiger partial charge in [-0.3, -0.25) is 0 Å². The standard InChI is InChI=1S/C18H29N/c1-14(13-19-17-6-5-7-17)12-15-8-10-16(11-9-15)18(2,3)4/h8-11,14,17,19H,5-7,12-13H2,1-4H3. The molecule has 1 aromatic carbocycles. The van der Waals surface area contributed by atoms with Gasteiger partial charge in [-0.2, -0.15) is 0 Å². The van der Waals surface area contributed by atoms with Gasteiger partial charge in [0.2, 0.25) is 0 Å². The van der Waals surface area contributed by atoms with E-state index < -0.39 is 0 Å². The molecule has 0 aliphatic heterocycles. The molecule has 1 saturated carbocycles. The predicted octanol–water partition coefficient (Wildman–Crippen LogP) is 4.30. The Morgan fingerprint density at radius 2 is 1.79 bits per heavy atom. The normalized spacial score (nSPS) is 18.1. The van der Waals surface area contributed by atoms with Crippen molar-refractivity contribution in [2.45, 2.75) is 64.8 Å². The molecule has 1 nitrogen and oxygen atoms in total. The molecule has 2 rings (SSSR count). The highest BCUT2D eigenvalue weighted by atomic mass is 14.9. The molecule has 0 heterocycles. The van der Waals surface area contributed by atoms with Gasteiger partial charge in [-0.15, -0.1) is 0 Å². The number of hydrogen-bond donors (Lipinski definition) is 1. The quantitative estimate of drug-likeness (QED) is 0.831.